The van der Waals surface area contributed by atoms with Crippen molar-refractivity contribution >= 4 is 6.29 Å². The molecule has 0 heterocycles. The average Bonchev–Trinajstić information content (AvgIpc) is 2.01. The third kappa shape index (κ3) is 6.01. The van der Waals surface area contributed by atoms with Crippen molar-refractivity contribution in [3.05, 3.63) is 6.42 Å². The van der Waals surface area contributed by atoms with Crippen LogP contribution in [-0.2, 0) is 14.3 Å². The number of ether oxygens (including phenoxy) is 2. The highest BCUT2D eigenvalue weighted by Gasteiger charge is 2.06. The maximum atomic E-state index is 9.98. The molecule has 0 aliphatic heterocycles. The van der Waals surface area contributed by atoms with Crippen LogP contribution in [0.3, 0.4) is 0 Å². The predicted molar refractivity (Wildman–Crippen MR) is 42.0 cm³/mol. The first-order valence-corrected chi connectivity index (χ1v) is 3.85. The SMILES string of the molecule is CCOC([CH]CC=O)OCC. The highest BCUT2D eigenvalue weighted by atomic mass is 16.7. The number of carbonyl (C=O) groups excluding carboxylic acids is 1. The predicted octanol–water partition coefficient (Wildman–Crippen LogP) is 1.18. The van der Waals surface area contributed by atoms with Gasteiger partial charge in [-0.05, 0) is 13.8 Å². The van der Waals surface area contributed by atoms with E-state index < -0.39 is 0 Å². The van der Waals surface area contributed by atoms with Crippen molar-refractivity contribution < 1.29 is 14.3 Å². The van der Waals surface area contributed by atoms with E-state index in [9.17, 15) is 4.79 Å². The van der Waals surface area contributed by atoms with Crippen molar-refractivity contribution in [1.29, 1.82) is 0 Å². The lowest BCUT2D eigenvalue weighted by Crippen LogP contribution is -2.17. The summed E-state index contributed by atoms with van der Waals surface area (Å²) < 4.78 is 10.3. The first-order chi connectivity index (χ1) is 5.35. The lowest BCUT2D eigenvalue weighted by Gasteiger charge is -2.14. The molecule has 0 N–H and O–H groups in total. The topological polar surface area (TPSA) is 35.5 Å². The monoisotopic (exact) mass is 159 g/mol. The molecule has 1 radical (unpaired) electrons. The number of aldehydes is 1. The quantitative estimate of drug-likeness (QED) is 0.413. The minimum Gasteiger partial charge on any atom is -0.353 e. The van der Waals surface area contributed by atoms with Crippen LogP contribution in [-0.4, -0.2) is 25.8 Å². The molecular weight excluding hydrogens is 144 g/mol. The smallest absolute Gasteiger partial charge is 0.161 e. The summed E-state index contributed by atoms with van der Waals surface area (Å²) in [4.78, 5) is 9.98. The van der Waals surface area contributed by atoms with Crippen LogP contribution in [0, 0.1) is 6.42 Å². The van der Waals surface area contributed by atoms with Crippen molar-refractivity contribution in [2.45, 2.75) is 26.6 Å². The van der Waals surface area contributed by atoms with Crippen molar-refractivity contribution in [2.24, 2.45) is 0 Å². The minimum atomic E-state index is -0.324. The van der Waals surface area contributed by atoms with Gasteiger partial charge in [0.25, 0.3) is 0 Å². The Labute approximate surface area is 67.7 Å². The molecule has 0 unspecified atom stereocenters. The fourth-order valence-electron chi connectivity index (χ4n) is 0.679. The van der Waals surface area contributed by atoms with Gasteiger partial charge < -0.3 is 14.3 Å². The Hall–Kier alpha value is -0.410. The Balaban J connectivity index is 3.41. The third-order valence-electron chi connectivity index (χ3n) is 1.09. The first-order valence-electron chi connectivity index (χ1n) is 3.85. The van der Waals surface area contributed by atoms with Crippen molar-refractivity contribution in [2.75, 3.05) is 13.2 Å². The molecule has 0 saturated carbocycles. The number of hydrogen-bond acceptors (Lipinski definition) is 3. The highest BCUT2D eigenvalue weighted by Crippen LogP contribution is 2.01. The number of rotatable bonds is 7. The van der Waals surface area contributed by atoms with Crippen LogP contribution >= 0.6 is 0 Å². The third-order valence-corrected chi connectivity index (χ3v) is 1.09. The molecule has 0 spiro atoms. The Kier molecular flexibility index (Phi) is 7.41. The lowest BCUT2D eigenvalue weighted by molar-refractivity contribution is -0.120. The van der Waals surface area contributed by atoms with Gasteiger partial charge in [-0.1, -0.05) is 0 Å². The summed E-state index contributed by atoms with van der Waals surface area (Å²) in [5.74, 6) is 0. The zero-order valence-electron chi connectivity index (χ0n) is 7.08. The second kappa shape index (κ2) is 7.69. The Morgan fingerprint density at radius 1 is 1.27 bits per heavy atom. The summed E-state index contributed by atoms with van der Waals surface area (Å²) in [5.41, 5.74) is 0. The van der Waals surface area contributed by atoms with Gasteiger partial charge in [0.15, 0.2) is 6.29 Å². The number of hydrogen-bond donors (Lipinski definition) is 0. The summed E-state index contributed by atoms with van der Waals surface area (Å²) in [5, 5.41) is 0. The normalized spacial score (nSPS) is 10.5. The molecule has 0 aliphatic carbocycles. The fourth-order valence-corrected chi connectivity index (χ4v) is 0.679. The van der Waals surface area contributed by atoms with Gasteiger partial charge in [-0.3, -0.25) is 0 Å². The molecule has 0 aliphatic rings. The van der Waals surface area contributed by atoms with Crippen LogP contribution in [0.4, 0.5) is 0 Å². The van der Waals surface area contributed by atoms with E-state index in [-0.39, 0.29) is 6.29 Å². The van der Waals surface area contributed by atoms with Gasteiger partial charge in [0.2, 0.25) is 0 Å². The molecular formula is C8H15O3. The molecule has 3 heteroatoms. The number of carbonyl (C=O) groups is 1. The van der Waals surface area contributed by atoms with Gasteiger partial charge in [-0.2, -0.15) is 0 Å². The van der Waals surface area contributed by atoms with Crippen molar-refractivity contribution in [1.82, 2.24) is 0 Å². The first kappa shape index (κ1) is 10.6. The zero-order valence-corrected chi connectivity index (χ0v) is 7.08. The Bertz CT molecular complexity index is 87.3. The summed E-state index contributed by atoms with van der Waals surface area (Å²) in [6.07, 6.45) is 2.59. The standard InChI is InChI=1S/C8H15O3/c1-3-10-8(11-4-2)6-5-7-9/h6-8H,3-5H2,1-2H3. The zero-order chi connectivity index (χ0) is 8.53. The van der Waals surface area contributed by atoms with E-state index in [0.717, 1.165) is 6.29 Å². The molecule has 0 amide bonds. The van der Waals surface area contributed by atoms with E-state index in [0.29, 0.717) is 19.6 Å². The average molecular weight is 159 g/mol. The molecule has 11 heavy (non-hydrogen) atoms. The van der Waals surface area contributed by atoms with Crippen molar-refractivity contribution in [3.63, 3.8) is 0 Å². The van der Waals surface area contributed by atoms with Gasteiger partial charge in [0.05, 0.1) is 0 Å². The molecule has 65 valence electrons. The maximum Gasteiger partial charge on any atom is 0.161 e. The van der Waals surface area contributed by atoms with Crippen LogP contribution in [0.1, 0.15) is 20.3 Å². The van der Waals surface area contributed by atoms with Gasteiger partial charge in [-0.15, -0.1) is 0 Å². The lowest BCUT2D eigenvalue weighted by atomic mass is 10.3. The fraction of sp³-hybridized carbons (Fsp3) is 0.750. The molecule has 0 aromatic carbocycles. The van der Waals surface area contributed by atoms with E-state index in [1.165, 1.54) is 0 Å². The molecule has 0 atom stereocenters. The summed E-state index contributed by atoms with van der Waals surface area (Å²) in [6, 6.07) is 0. The Morgan fingerprint density at radius 3 is 2.18 bits per heavy atom. The molecule has 0 saturated heterocycles. The van der Waals surface area contributed by atoms with Gasteiger partial charge in [-0.25, -0.2) is 0 Å². The largest absolute Gasteiger partial charge is 0.353 e. The highest BCUT2D eigenvalue weighted by molar-refractivity contribution is 5.51. The van der Waals surface area contributed by atoms with Crippen LogP contribution in [0.5, 0.6) is 0 Å². The molecule has 0 fully saturated rings. The second-order valence-corrected chi connectivity index (χ2v) is 1.92. The van der Waals surface area contributed by atoms with Crippen LogP contribution in [0.15, 0.2) is 0 Å². The van der Waals surface area contributed by atoms with E-state index >= 15 is 0 Å². The second-order valence-electron chi connectivity index (χ2n) is 1.92. The van der Waals surface area contributed by atoms with Crippen LogP contribution < -0.4 is 0 Å². The van der Waals surface area contributed by atoms with E-state index in [2.05, 4.69) is 0 Å². The molecule has 0 aromatic heterocycles. The minimum absolute atomic E-state index is 0.324. The van der Waals surface area contributed by atoms with E-state index in [4.69, 9.17) is 9.47 Å². The van der Waals surface area contributed by atoms with Gasteiger partial charge >= 0.3 is 0 Å². The summed E-state index contributed by atoms with van der Waals surface area (Å²) in [6.45, 7) is 4.97. The molecule has 0 rings (SSSR count). The van der Waals surface area contributed by atoms with Crippen molar-refractivity contribution in [3.8, 4) is 0 Å². The van der Waals surface area contributed by atoms with Crippen LogP contribution in [0.25, 0.3) is 0 Å². The maximum absolute atomic E-state index is 9.98. The molecule has 3 nitrogen and oxygen atoms in total. The molecule has 0 aromatic rings. The van der Waals surface area contributed by atoms with Crippen LogP contribution in [0.2, 0.25) is 0 Å². The molecule has 0 bridgehead atoms. The summed E-state index contributed by atoms with van der Waals surface area (Å²) >= 11 is 0. The summed E-state index contributed by atoms with van der Waals surface area (Å²) in [7, 11) is 0. The Morgan fingerprint density at radius 2 is 1.82 bits per heavy atom. The van der Waals surface area contributed by atoms with Gasteiger partial charge in [0.1, 0.15) is 6.29 Å². The van der Waals surface area contributed by atoms with Gasteiger partial charge in [0, 0.05) is 26.1 Å². The van der Waals surface area contributed by atoms with E-state index in [1.807, 2.05) is 13.8 Å². The van der Waals surface area contributed by atoms with E-state index in [1.54, 1.807) is 6.42 Å².